The van der Waals surface area contributed by atoms with Crippen molar-refractivity contribution in [2.75, 3.05) is 19.0 Å². The third-order valence-corrected chi connectivity index (χ3v) is 10.5. The number of unbranched alkanes of at least 4 members (excludes halogenated alkanes) is 12. The summed E-state index contributed by atoms with van der Waals surface area (Å²) in [6.45, 7) is 3.58. The van der Waals surface area contributed by atoms with Gasteiger partial charge in [-0.2, -0.15) is 8.42 Å². The summed E-state index contributed by atoms with van der Waals surface area (Å²) in [6.07, 6.45) is 36.6. The van der Waals surface area contributed by atoms with E-state index in [0.29, 0.717) is 12.8 Å². The second-order valence-electron chi connectivity index (χ2n) is 15.3. The van der Waals surface area contributed by atoms with Crippen LogP contribution in [0.4, 0.5) is 0 Å². The molecule has 6 atom stereocenters. The zero-order valence-electron chi connectivity index (χ0n) is 36.5. The second kappa shape index (κ2) is 36.7. The summed E-state index contributed by atoms with van der Waals surface area (Å²) in [5.41, 5.74) is 0. The van der Waals surface area contributed by atoms with E-state index in [0.717, 1.165) is 77.0 Å². The van der Waals surface area contributed by atoms with Gasteiger partial charge in [0.15, 0.2) is 12.4 Å². The predicted octanol–water partition coefficient (Wildman–Crippen LogP) is 9.11. The minimum Gasteiger partial charge on any atom is -0.462 e. The molecule has 0 aliphatic carbocycles. The van der Waals surface area contributed by atoms with Crippen LogP contribution in [-0.2, 0) is 38.7 Å². The minimum atomic E-state index is -4.61. The van der Waals surface area contributed by atoms with Crippen LogP contribution in [0.5, 0.6) is 0 Å². The van der Waals surface area contributed by atoms with Crippen molar-refractivity contribution in [3.63, 3.8) is 0 Å². The molecule has 0 aromatic rings. The third kappa shape index (κ3) is 31.0. The quantitative estimate of drug-likeness (QED) is 0.0203. The van der Waals surface area contributed by atoms with Gasteiger partial charge in [0.05, 0.1) is 6.61 Å². The molecule has 1 aliphatic heterocycles. The molecule has 1 saturated heterocycles. The summed E-state index contributed by atoms with van der Waals surface area (Å²) in [5, 5.41) is 30.9. The summed E-state index contributed by atoms with van der Waals surface area (Å²) < 4.78 is 54.0. The summed E-state index contributed by atoms with van der Waals surface area (Å²) in [4.78, 5) is 25.4. The van der Waals surface area contributed by atoms with Crippen LogP contribution in [0.3, 0.4) is 0 Å². The van der Waals surface area contributed by atoms with E-state index >= 15 is 0 Å². The molecule has 1 heterocycles. The lowest BCUT2D eigenvalue weighted by atomic mass is 10.00. The van der Waals surface area contributed by atoms with Crippen LogP contribution < -0.4 is 0 Å². The standard InChI is InChI=1S/C47H78O12S/c1-3-5-7-9-11-13-15-17-18-19-20-21-22-24-25-27-29-31-33-35-42(48)56-37-40(38-57-47-46(52)45(51)44(50)41(59-47)39-60(53,54)55)58-43(49)36-34-32-30-28-26-23-16-14-12-10-8-6-4-2/h5,7,11,13,17-18,20-21,23-26,40-41,44-47,50-52H,3-4,6,8-10,12,14-16,19,22,27-39H2,1-2H3,(H,53,54,55)/b7-5+,13-11+,18-17+,21-20+,25-24+,26-23+/t40-,41-,44-,45?,46?,47+/m1/s1. The maximum absolute atomic E-state index is 12.8. The van der Waals surface area contributed by atoms with Crippen LogP contribution in [0.25, 0.3) is 0 Å². The van der Waals surface area contributed by atoms with Crippen molar-refractivity contribution < 1.29 is 56.8 Å². The Kier molecular flexibility index (Phi) is 33.7. The van der Waals surface area contributed by atoms with Crippen molar-refractivity contribution in [1.29, 1.82) is 0 Å². The highest BCUT2D eigenvalue weighted by Gasteiger charge is 2.46. The zero-order chi connectivity index (χ0) is 44.1. The van der Waals surface area contributed by atoms with Crippen LogP contribution in [-0.4, -0.2) is 96.0 Å². The average Bonchev–Trinajstić information content (AvgIpc) is 3.21. The fraction of sp³-hybridized carbons (Fsp3) is 0.702. The number of aliphatic hydroxyl groups excluding tert-OH is 3. The molecule has 2 unspecified atom stereocenters. The first-order valence-electron chi connectivity index (χ1n) is 22.5. The Morgan fingerprint density at radius 1 is 0.583 bits per heavy atom. The lowest BCUT2D eigenvalue weighted by Crippen LogP contribution is -2.60. The lowest BCUT2D eigenvalue weighted by molar-refractivity contribution is -0.297. The number of rotatable bonds is 36. The molecular formula is C47H78O12S. The fourth-order valence-electron chi connectivity index (χ4n) is 6.28. The van der Waals surface area contributed by atoms with Gasteiger partial charge in [-0.05, 0) is 83.5 Å². The maximum atomic E-state index is 12.8. The van der Waals surface area contributed by atoms with Crippen LogP contribution in [0.15, 0.2) is 72.9 Å². The first-order valence-corrected chi connectivity index (χ1v) is 24.1. The summed E-state index contributed by atoms with van der Waals surface area (Å²) in [7, 11) is -4.61. The van der Waals surface area contributed by atoms with E-state index in [1.54, 1.807) is 0 Å². The van der Waals surface area contributed by atoms with Crippen molar-refractivity contribution >= 4 is 22.1 Å². The number of carbonyl (C=O) groups is 2. The van der Waals surface area contributed by atoms with Gasteiger partial charge < -0.3 is 34.3 Å². The number of ether oxygens (including phenoxy) is 4. The van der Waals surface area contributed by atoms with Crippen molar-refractivity contribution in [2.24, 2.45) is 0 Å². The van der Waals surface area contributed by atoms with Gasteiger partial charge in [0.1, 0.15) is 36.8 Å². The van der Waals surface area contributed by atoms with Gasteiger partial charge in [0.2, 0.25) is 0 Å². The van der Waals surface area contributed by atoms with E-state index in [4.69, 9.17) is 18.9 Å². The lowest BCUT2D eigenvalue weighted by Gasteiger charge is -2.40. The van der Waals surface area contributed by atoms with Gasteiger partial charge in [-0.1, -0.05) is 132 Å². The number of aliphatic hydroxyl groups is 3. The van der Waals surface area contributed by atoms with Gasteiger partial charge in [0, 0.05) is 12.8 Å². The SMILES string of the molecule is CC/C=C/C/C=C/C/C=C/C/C=C/C/C=C/CCCCCC(=O)OC[C@H](CO[C@H]1O[C@H](CS(=O)(=O)O)[C@@H](O)C(O)C1O)OC(=O)CCCCC/C=C/CCCCCCCC. The number of carbonyl (C=O) groups excluding carboxylic acids is 2. The zero-order valence-corrected chi connectivity index (χ0v) is 37.3. The monoisotopic (exact) mass is 867 g/mol. The number of hydrogen-bond acceptors (Lipinski definition) is 11. The summed E-state index contributed by atoms with van der Waals surface area (Å²) in [6, 6.07) is 0. The van der Waals surface area contributed by atoms with E-state index < -0.39 is 71.2 Å². The molecule has 13 heteroatoms. The number of hydrogen-bond donors (Lipinski definition) is 4. The van der Waals surface area contributed by atoms with Crippen LogP contribution in [0, 0.1) is 0 Å². The molecule has 0 amide bonds. The molecule has 0 aromatic heterocycles. The Bertz CT molecular complexity index is 1390. The minimum absolute atomic E-state index is 0.133. The first kappa shape index (κ1) is 55.1. The smallest absolute Gasteiger partial charge is 0.306 e. The van der Waals surface area contributed by atoms with Gasteiger partial charge in [-0.15, -0.1) is 0 Å². The molecule has 0 aromatic carbocycles. The van der Waals surface area contributed by atoms with Crippen LogP contribution in [0.1, 0.15) is 155 Å². The molecule has 344 valence electrons. The molecule has 1 fully saturated rings. The van der Waals surface area contributed by atoms with E-state index in [2.05, 4.69) is 86.8 Å². The molecule has 0 radical (unpaired) electrons. The molecule has 1 aliphatic rings. The molecule has 0 spiro atoms. The Balaban J connectivity index is 2.48. The largest absolute Gasteiger partial charge is 0.462 e. The highest BCUT2D eigenvalue weighted by atomic mass is 32.2. The van der Waals surface area contributed by atoms with E-state index in [9.17, 15) is 37.9 Å². The Morgan fingerprint density at radius 3 is 1.58 bits per heavy atom. The summed E-state index contributed by atoms with van der Waals surface area (Å²) >= 11 is 0. The molecule has 1 rings (SSSR count). The molecule has 12 nitrogen and oxygen atoms in total. The van der Waals surface area contributed by atoms with E-state index in [1.165, 1.54) is 38.5 Å². The van der Waals surface area contributed by atoms with Crippen molar-refractivity contribution in [3.8, 4) is 0 Å². The Hall–Kier alpha value is -2.91. The van der Waals surface area contributed by atoms with Crippen molar-refractivity contribution in [1.82, 2.24) is 0 Å². The van der Waals surface area contributed by atoms with Gasteiger partial charge in [-0.3, -0.25) is 14.1 Å². The number of esters is 2. The van der Waals surface area contributed by atoms with Crippen molar-refractivity contribution in [2.45, 2.75) is 192 Å². The number of allylic oxidation sites excluding steroid dienone is 12. The molecule has 60 heavy (non-hydrogen) atoms. The summed E-state index contributed by atoms with van der Waals surface area (Å²) in [5.74, 6) is -2.06. The highest BCUT2D eigenvalue weighted by Crippen LogP contribution is 2.24. The first-order chi connectivity index (χ1) is 29.0. The topological polar surface area (TPSA) is 186 Å². The van der Waals surface area contributed by atoms with E-state index in [-0.39, 0.29) is 19.4 Å². The normalized spacial score (nSPS) is 20.8. The predicted molar refractivity (Wildman–Crippen MR) is 238 cm³/mol. The Morgan fingerprint density at radius 2 is 1.05 bits per heavy atom. The van der Waals surface area contributed by atoms with Gasteiger partial charge >= 0.3 is 11.9 Å². The van der Waals surface area contributed by atoms with Gasteiger partial charge in [-0.25, -0.2) is 0 Å². The molecular weight excluding hydrogens is 789 g/mol. The third-order valence-electron chi connectivity index (χ3n) is 9.77. The van der Waals surface area contributed by atoms with Gasteiger partial charge in [0.25, 0.3) is 10.1 Å². The second-order valence-corrected chi connectivity index (χ2v) is 16.8. The molecule has 0 saturated carbocycles. The fourth-order valence-corrected chi connectivity index (χ4v) is 6.98. The van der Waals surface area contributed by atoms with Crippen LogP contribution in [0.2, 0.25) is 0 Å². The van der Waals surface area contributed by atoms with Crippen molar-refractivity contribution in [3.05, 3.63) is 72.9 Å². The molecule has 4 N–H and O–H groups in total. The maximum Gasteiger partial charge on any atom is 0.306 e. The van der Waals surface area contributed by atoms with Crippen LogP contribution >= 0.6 is 0 Å². The Labute approximate surface area is 361 Å². The highest BCUT2D eigenvalue weighted by molar-refractivity contribution is 7.85. The van der Waals surface area contributed by atoms with E-state index in [1.807, 2.05) is 0 Å². The average molecular weight is 867 g/mol. The molecule has 0 bridgehead atoms.